The van der Waals surface area contributed by atoms with E-state index in [1.54, 1.807) is 0 Å². The number of H-pyrrole nitrogens is 2. The number of morpholine rings is 1. The van der Waals surface area contributed by atoms with Crippen LogP contribution in [0.15, 0.2) is 42.5 Å². The van der Waals surface area contributed by atoms with Gasteiger partial charge in [0, 0.05) is 46.5 Å². The molecule has 0 aromatic carbocycles. The van der Waals surface area contributed by atoms with E-state index >= 15 is 0 Å². The second-order valence-corrected chi connectivity index (χ2v) is 9.76. The third-order valence-corrected chi connectivity index (χ3v) is 7.06. The molecule has 6 rings (SSSR count). The number of aryl methyl sites for hydroxylation is 3. The number of ether oxygens (including phenoxy) is 1. The zero-order valence-electron chi connectivity index (χ0n) is 20.2. The zero-order valence-corrected chi connectivity index (χ0v) is 20.2. The average molecular weight is 468 g/mol. The number of nitrogens with zero attached hydrogens (tertiary/aromatic N) is 3. The van der Waals surface area contributed by atoms with Gasteiger partial charge in [0.25, 0.3) is 0 Å². The normalized spacial score (nSPS) is 16.1. The second-order valence-electron chi connectivity index (χ2n) is 9.76. The molecule has 35 heavy (non-hydrogen) atoms. The van der Waals surface area contributed by atoms with Gasteiger partial charge in [-0.2, -0.15) is 0 Å². The molecule has 0 spiro atoms. The molecule has 3 aliphatic rings. The third-order valence-electron chi connectivity index (χ3n) is 7.06. The van der Waals surface area contributed by atoms with Crippen LogP contribution in [0.1, 0.15) is 47.6 Å². The van der Waals surface area contributed by atoms with Crippen LogP contribution in [0.5, 0.6) is 0 Å². The van der Waals surface area contributed by atoms with E-state index in [4.69, 9.17) is 14.7 Å². The lowest BCUT2D eigenvalue weighted by Crippen LogP contribution is -2.36. The first-order valence-corrected chi connectivity index (χ1v) is 12.9. The molecule has 0 aliphatic carbocycles. The molecule has 6 heterocycles. The van der Waals surface area contributed by atoms with Crippen molar-refractivity contribution in [3.8, 4) is 0 Å². The van der Waals surface area contributed by atoms with Gasteiger partial charge in [0.2, 0.25) is 0 Å². The van der Waals surface area contributed by atoms with Crippen LogP contribution < -0.4 is 0 Å². The predicted molar refractivity (Wildman–Crippen MR) is 142 cm³/mol. The summed E-state index contributed by atoms with van der Waals surface area (Å²) >= 11 is 0. The smallest absolute Gasteiger partial charge is 0.0658 e. The Morgan fingerprint density at radius 2 is 1.49 bits per heavy atom. The third kappa shape index (κ3) is 5.55. The molecule has 0 saturated carbocycles. The standard InChI is InChI=1S/C29H33N5O/c1(3-11-34-12-14-35-15-13-34)2-4-21-16-28-19-26-8-7-24(31-26)17-22-5-6-23(30-22)18-25-9-10-27(32-25)20-29(21)33-28/h5-6,9-10,16-20,30,33H,1-4,7-8,11-15H2. The van der Waals surface area contributed by atoms with Gasteiger partial charge < -0.3 is 14.7 Å². The van der Waals surface area contributed by atoms with Crippen LogP contribution in [0.3, 0.4) is 0 Å². The van der Waals surface area contributed by atoms with Crippen molar-refractivity contribution in [3.63, 3.8) is 0 Å². The molecule has 6 heteroatoms. The Kier molecular flexibility index (Phi) is 6.47. The van der Waals surface area contributed by atoms with Crippen LogP contribution in [0.2, 0.25) is 0 Å². The minimum atomic E-state index is 0.881. The van der Waals surface area contributed by atoms with Crippen molar-refractivity contribution in [2.75, 3.05) is 32.8 Å². The summed E-state index contributed by atoms with van der Waals surface area (Å²) in [5.74, 6) is 0. The van der Waals surface area contributed by atoms with Crippen molar-refractivity contribution in [1.29, 1.82) is 0 Å². The Balaban J connectivity index is 1.29. The lowest BCUT2D eigenvalue weighted by Gasteiger charge is -2.26. The van der Waals surface area contributed by atoms with Gasteiger partial charge in [-0.05, 0) is 98.8 Å². The topological polar surface area (TPSA) is 69.8 Å². The fraction of sp³-hybridized carbons (Fsp3) is 0.379. The van der Waals surface area contributed by atoms with Crippen molar-refractivity contribution in [3.05, 3.63) is 70.8 Å². The highest BCUT2D eigenvalue weighted by atomic mass is 16.5. The maximum Gasteiger partial charge on any atom is 0.0658 e. The number of aromatic amines is 2. The van der Waals surface area contributed by atoms with E-state index in [-0.39, 0.29) is 0 Å². The first kappa shape index (κ1) is 22.3. The average Bonchev–Trinajstić information content (AvgIpc) is 3.65. The minimum Gasteiger partial charge on any atom is -0.379 e. The molecule has 0 radical (unpaired) electrons. The molecule has 6 nitrogen and oxygen atoms in total. The molecular weight excluding hydrogens is 434 g/mol. The van der Waals surface area contributed by atoms with E-state index in [1.165, 1.54) is 31.4 Å². The zero-order chi connectivity index (χ0) is 23.5. The Labute approximate surface area is 206 Å². The summed E-state index contributed by atoms with van der Waals surface area (Å²) in [4.78, 5) is 19.4. The SMILES string of the molecule is C1=Cc2cc3[nH]c(cc4nc(cc5ccc(cc1n2)[nH]5)CC4)cc3CCCCCN1CCOCC1. The fourth-order valence-corrected chi connectivity index (χ4v) is 5.18. The number of nitrogens with one attached hydrogen (secondary N) is 2. The summed E-state index contributed by atoms with van der Waals surface area (Å²) < 4.78 is 5.46. The van der Waals surface area contributed by atoms with Crippen LogP contribution in [0.4, 0.5) is 0 Å². The van der Waals surface area contributed by atoms with E-state index in [9.17, 15) is 0 Å². The number of hydrogen-bond acceptors (Lipinski definition) is 4. The van der Waals surface area contributed by atoms with Gasteiger partial charge in [0.05, 0.1) is 24.6 Å². The van der Waals surface area contributed by atoms with Crippen LogP contribution in [-0.4, -0.2) is 57.7 Å². The van der Waals surface area contributed by atoms with Crippen molar-refractivity contribution < 1.29 is 4.74 Å². The Bertz CT molecular complexity index is 1380. The maximum atomic E-state index is 5.46. The first-order chi connectivity index (χ1) is 17.3. The lowest BCUT2D eigenvalue weighted by atomic mass is 10.1. The Morgan fingerprint density at radius 1 is 0.743 bits per heavy atom. The molecule has 3 aromatic heterocycles. The van der Waals surface area contributed by atoms with E-state index in [1.807, 2.05) is 0 Å². The summed E-state index contributed by atoms with van der Waals surface area (Å²) in [7, 11) is 0. The van der Waals surface area contributed by atoms with Gasteiger partial charge >= 0.3 is 0 Å². The molecule has 1 fully saturated rings. The van der Waals surface area contributed by atoms with Crippen molar-refractivity contribution >= 4 is 34.2 Å². The minimum absolute atomic E-state index is 0.881. The van der Waals surface area contributed by atoms with E-state index in [0.717, 1.165) is 90.4 Å². The number of unbranched alkanes of at least 4 members (excludes halogenated alkanes) is 2. The highest BCUT2D eigenvalue weighted by molar-refractivity contribution is 5.76. The fourth-order valence-electron chi connectivity index (χ4n) is 5.18. The summed E-state index contributed by atoms with van der Waals surface area (Å²) in [6.45, 7) is 5.10. The molecule has 3 aliphatic heterocycles. The lowest BCUT2D eigenvalue weighted by molar-refractivity contribution is 0.0371. The molecule has 8 bridgehead atoms. The van der Waals surface area contributed by atoms with Crippen LogP contribution >= 0.6 is 0 Å². The predicted octanol–water partition coefficient (Wildman–Crippen LogP) is 5.32. The maximum absolute atomic E-state index is 5.46. The number of rotatable bonds is 6. The first-order valence-electron chi connectivity index (χ1n) is 12.9. The monoisotopic (exact) mass is 467 g/mol. The van der Waals surface area contributed by atoms with Gasteiger partial charge in [-0.1, -0.05) is 6.42 Å². The van der Waals surface area contributed by atoms with Gasteiger partial charge in [0.1, 0.15) is 0 Å². The number of aromatic nitrogens is 4. The summed E-state index contributed by atoms with van der Waals surface area (Å²) in [5.41, 5.74) is 10.0. The number of fused-ring (bicyclic) bond motifs is 8. The molecule has 0 unspecified atom stereocenters. The molecule has 2 N–H and O–H groups in total. The number of hydrogen-bond donors (Lipinski definition) is 2. The van der Waals surface area contributed by atoms with Crippen LogP contribution in [0, 0.1) is 0 Å². The van der Waals surface area contributed by atoms with Gasteiger partial charge in [-0.15, -0.1) is 0 Å². The van der Waals surface area contributed by atoms with E-state index in [2.05, 4.69) is 69.5 Å². The summed E-state index contributed by atoms with van der Waals surface area (Å²) in [6, 6.07) is 15.2. The molecule has 0 atom stereocenters. The van der Waals surface area contributed by atoms with Gasteiger partial charge in [-0.3, -0.25) is 9.88 Å². The Morgan fingerprint density at radius 3 is 2.31 bits per heavy atom. The van der Waals surface area contributed by atoms with Crippen LogP contribution in [0.25, 0.3) is 34.2 Å². The van der Waals surface area contributed by atoms with Crippen molar-refractivity contribution in [1.82, 2.24) is 24.8 Å². The largest absolute Gasteiger partial charge is 0.379 e. The molecule has 1 saturated heterocycles. The summed E-state index contributed by atoms with van der Waals surface area (Å²) in [6.07, 6.45) is 10.9. The van der Waals surface area contributed by atoms with Gasteiger partial charge in [-0.25, -0.2) is 4.98 Å². The highest BCUT2D eigenvalue weighted by Gasteiger charge is 2.10. The molecular formula is C29H33N5O. The van der Waals surface area contributed by atoms with E-state index in [0.29, 0.717) is 0 Å². The molecule has 0 amide bonds. The molecule has 3 aromatic rings. The summed E-state index contributed by atoms with van der Waals surface area (Å²) in [5, 5.41) is 0. The van der Waals surface area contributed by atoms with Crippen LogP contribution in [-0.2, 0) is 24.0 Å². The Hall–Kier alpha value is -3.22. The van der Waals surface area contributed by atoms with E-state index < -0.39 is 0 Å². The van der Waals surface area contributed by atoms with Crippen molar-refractivity contribution in [2.24, 2.45) is 0 Å². The second kappa shape index (κ2) is 10.2. The highest BCUT2D eigenvalue weighted by Crippen LogP contribution is 2.21. The molecule has 180 valence electrons. The van der Waals surface area contributed by atoms with Gasteiger partial charge in [0.15, 0.2) is 0 Å². The van der Waals surface area contributed by atoms with Crippen molar-refractivity contribution in [2.45, 2.75) is 38.5 Å². The quantitative estimate of drug-likeness (QED) is 0.377.